The molecule has 0 saturated carbocycles. The maximum Gasteiger partial charge on any atom is 0.305 e. The zero-order valence-corrected chi connectivity index (χ0v) is 14.3. The predicted molar refractivity (Wildman–Crippen MR) is 93.2 cm³/mol. The van der Waals surface area contributed by atoms with Gasteiger partial charge in [-0.25, -0.2) is 4.39 Å². The molecule has 3 aromatic rings. The highest BCUT2D eigenvalue weighted by Crippen LogP contribution is 2.22. The molecule has 0 atom stereocenters. The van der Waals surface area contributed by atoms with Crippen LogP contribution in [0.1, 0.15) is 20.9 Å². The zero-order chi connectivity index (χ0) is 17.8. The summed E-state index contributed by atoms with van der Waals surface area (Å²) in [5.74, 6) is -0.989. The van der Waals surface area contributed by atoms with Gasteiger partial charge in [-0.2, -0.15) is 0 Å². The number of carbonyl (C=O) groups excluding carboxylic acids is 2. The molecule has 0 spiro atoms. The number of rotatable bonds is 3. The van der Waals surface area contributed by atoms with Crippen LogP contribution in [0.4, 0.5) is 4.39 Å². The summed E-state index contributed by atoms with van der Waals surface area (Å²) in [6.07, 6.45) is 0. The normalized spacial score (nSPS) is 10.3. The van der Waals surface area contributed by atoms with Gasteiger partial charge in [0.2, 0.25) is 0 Å². The van der Waals surface area contributed by atoms with Gasteiger partial charge in [-0.05, 0) is 64.5 Å². The van der Waals surface area contributed by atoms with Gasteiger partial charge in [0, 0.05) is 10.0 Å². The smallest absolute Gasteiger partial charge is 0.305 e. The molecule has 5 nitrogen and oxygen atoms in total. The molecule has 25 heavy (non-hydrogen) atoms. The minimum absolute atomic E-state index is 0.0201. The quantitative estimate of drug-likeness (QED) is 0.652. The molecular weight excluding hydrogens is 391 g/mol. The molecule has 0 aliphatic heterocycles. The Balaban J connectivity index is 1.65. The molecule has 0 saturated heterocycles. The van der Waals surface area contributed by atoms with E-state index in [-0.39, 0.29) is 11.6 Å². The highest BCUT2D eigenvalue weighted by molar-refractivity contribution is 9.10. The number of hydrogen-bond donors (Lipinski definition) is 2. The third-order valence-electron chi connectivity index (χ3n) is 3.37. The van der Waals surface area contributed by atoms with Crippen LogP contribution in [0.5, 0.6) is 0 Å². The molecule has 0 bridgehead atoms. The van der Waals surface area contributed by atoms with Crippen molar-refractivity contribution in [1.29, 1.82) is 0 Å². The van der Waals surface area contributed by atoms with Gasteiger partial charge >= 0.3 is 5.91 Å². The van der Waals surface area contributed by atoms with E-state index in [4.69, 9.17) is 4.42 Å². The summed E-state index contributed by atoms with van der Waals surface area (Å²) >= 11 is 3.26. The fourth-order valence-corrected chi connectivity index (χ4v) is 2.58. The highest BCUT2D eigenvalue weighted by atomic mass is 79.9. The Morgan fingerprint density at radius 1 is 0.880 bits per heavy atom. The van der Waals surface area contributed by atoms with Gasteiger partial charge < -0.3 is 4.42 Å². The first-order chi connectivity index (χ1) is 12.0. The second-order valence-corrected chi connectivity index (χ2v) is 5.91. The van der Waals surface area contributed by atoms with Crippen LogP contribution in [-0.2, 0) is 0 Å². The Kier molecular flexibility index (Phi) is 4.95. The minimum Gasteiger partial charge on any atom is -0.451 e. The average molecular weight is 403 g/mol. The standard InChI is InChI=1S/C18H12BrFN2O3/c19-14-4-2-1-3-13(14)17(23)21-22-18(24)16-10-9-15(25-16)11-5-7-12(20)8-6-11/h1-10H,(H,21,23)(H,22,24). The molecule has 2 amide bonds. The molecule has 0 aliphatic rings. The topological polar surface area (TPSA) is 71.3 Å². The molecule has 2 aromatic carbocycles. The number of carbonyl (C=O) groups is 2. The summed E-state index contributed by atoms with van der Waals surface area (Å²) in [6, 6.07) is 15.6. The molecular formula is C18H12BrFN2O3. The van der Waals surface area contributed by atoms with Crippen LogP contribution < -0.4 is 10.9 Å². The van der Waals surface area contributed by atoms with Crippen LogP contribution in [0.2, 0.25) is 0 Å². The molecule has 0 fully saturated rings. The van der Waals surface area contributed by atoms with Crippen molar-refractivity contribution in [3.8, 4) is 11.3 Å². The van der Waals surface area contributed by atoms with Gasteiger partial charge in [0.05, 0.1) is 5.56 Å². The second kappa shape index (κ2) is 7.31. The van der Waals surface area contributed by atoms with Crippen LogP contribution in [0.3, 0.4) is 0 Å². The Morgan fingerprint density at radius 2 is 1.56 bits per heavy atom. The molecule has 0 aliphatic carbocycles. The van der Waals surface area contributed by atoms with E-state index in [1.807, 2.05) is 0 Å². The van der Waals surface area contributed by atoms with Crippen molar-refractivity contribution in [2.75, 3.05) is 0 Å². The number of halogens is 2. The van der Waals surface area contributed by atoms with E-state index in [2.05, 4.69) is 26.8 Å². The van der Waals surface area contributed by atoms with E-state index in [1.54, 1.807) is 42.5 Å². The van der Waals surface area contributed by atoms with E-state index in [0.29, 0.717) is 21.4 Å². The number of furan rings is 1. The summed E-state index contributed by atoms with van der Waals surface area (Å²) in [5.41, 5.74) is 5.62. The monoisotopic (exact) mass is 402 g/mol. The van der Waals surface area contributed by atoms with Gasteiger partial charge in [-0.3, -0.25) is 20.4 Å². The summed E-state index contributed by atoms with van der Waals surface area (Å²) < 4.78 is 19.0. The number of benzene rings is 2. The molecule has 1 heterocycles. The SMILES string of the molecule is O=C(NNC(=O)c1ccccc1Br)c1ccc(-c2ccc(F)cc2)o1. The van der Waals surface area contributed by atoms with Crippen molar-refractivity contribution in [3.63, 3.8) is 0 Å². The number of nitrogens with one attached hydrogen (secondary N) is 2. The first kappa shape index (κ1) is 16.9. The zero-order valence-electron chi connectivity index (χ0n) is 12.8. The third-order valence-corrected chi connectivity index (χ3v) is 4.06. The van der Waals surface area contributed by atoms with Crippen LogP contribution in [0.25, 0.3) is 11.3 Å². The molecule has 126 valence electrons. The Hall–Kier alpha value is -2.93. The molecule has 0 unspecified atom stereocenters. The van der Waals surface area contributed by atoms with E-state index >= 15 is 0 Å². The van der Waals surface area contributed by atoms with Crippen molar-refractivity contribution >= 4 is 27.7 Å². The number of amides is 2. The van der Waals surface area contributed by atoms with E-state index in [9.17, 15) is 14.0 Å². The molecule has 0 radical (unpaired) electrons. The summed E-state index contributed by atoms with van der Waals surface area (Å²) in [5, 5.41) is 0. The van der Waals surface area contributed by atoms with Crippen molar-refractivity contribution in [2.45, 2.75) is 0 Å². The lowest BCUT2D eigenvalue weighted by atomic mass is 10.2. The molecule has 1 aromatic heterocycles. The lowest BCUT2D eigenvalue weighted by molar-refractivity contribution is 0.0831. The van der Waals surface area contributed by atoms with E-state index in [0.717, 1.165) is 0 Å². The van der Waals surface area contributed by atoms with Gasteiger partial charge in [0.15, 0.2) is 5.76 Å². The number of hydrogen-bond acceptors (Lipinski definition) is 3. The highest BCUT2D eigenvalue weighted by Gasteiger charge is 2.14. The Morgan fingerprint density at radius 3 is 2.28 bits per heavy atom. The Bertz CT molecular complexity index is 922. The van der Waals surface area contributed by atoms with Crippen molar-refractivity contribution in [3.05, 3.63) is 82.3 Å². The fraction of sp³-hybridized carbons (Fsp3) is 0. The predicted octanol–water partition coefficient (Wildman–Crippen LogP) is 3.92. The van der Waals surface area contributed by atoms with Gasteiger partial charge in [0.1, 0.15) is 11.6 Å². The maximum absolute atomic E-state index is 12.9. The summed E-state index contributed by atoms with van der Waals surface area (Å²) in [4.78, 5) is 24.1. The molecule has 2 N–H and O–H groups in total. The van der Waals surface area contributed by atoms with Crippen molar-refractivity contribution in [1.82, 2.24) is 10.9 Å². The van der Waals surface area contributed by atoms with Gasteiger partial charge in [-0.15, -0.1) is 0 Å². The van der Waals surface area contributed by atoms with Gasteiger partial charge in [-0.1, -0.05) is 12.1 Å². The molecule has 3 rings (SSSR count). The average Bonchev–Trinajstić information content (AvgIpc) is 3.10. The fourth-order valence-electron chi connectivity index (χ4n) is 2.12. The third kappa shape index (κ3) is 3.95. The lowest BCUT2D eigenvalue weighted by Gasteiger charge is -2.07. The van der Waals surface area contributed by atoms with Crippen LogP contribution >= 0.6 is 15.9 Å². The van der Waals surface area contributed by atoms with Crippen molar-refractivity contribution in [2.24, 2.45) is 0 Å². The van der Waals surface area contributed by atoms with Crippen LogP contribution in [0.15, 0.2) is 69.6 Å². The number of hydrazine groups is 1. The maximum atomic E-state index is 12.9. The Labute approximate surface area is 150 Å². The van der Waals surface area contributed by atoms with E-state index < -0.39 is 11.8 Å². The largest absolute Gasteiger partial charge is 0.451 e. The van der Waals surface area contributed by atoms with Crippen LogP contribution in [-0.4, -0.2) is 11.8 Å². The van der Waals surface area contributed by atoms with E-state index in [1.165, 1.54) is 18.2 Å². The minimum atomic E-state index is -0.603. The first-order valence-electron chi connectivity index (χ1n) is 7.25. The summed E-state index contributed by atoms with van der Waals surface area (Å²) in [6.45, 7) is 0. The van der Waals surface area contributed by atoms with Crippen molar-refractivity contribution < 1.29 is 18.4 Å². The van der Waals surface area contributed by atoms with Crippen LogP contribution in [0, 0.1) is 5.82 Å². The lowest BCUT2D eigenvalue weighted by Crippen LogP contribution is -2.41. The second-order valence-electron chi connectivity index (χ2n) is 5.06. The summed E-state index contributed by atoms with van der Waals surface area (Å²) in [7, 11) is 0. The first-order valence-corrected chi connectivity index (χ1v) is 8.05. The van der Waals surface area contributed by atoms with Gasteiger partial charge in [0.25, 0.3) is 5.91 Å². The molecule has 7 heteroatoms.